The second kappa shape index (κ2) is 7.21. The molecular weight excluding hydrogens is 324 g/mol. The smallest absolute Gasteiger partial charge is 0.227 e. The third-order valence-corrected chi connectivity index (χ3v) is 4.93. The largest absolute Gasteiger partial charge is 0.493 e. The molecule has 1 amide bonds. The molecule has 1 aromatic heterocycles. The van der Waals surface area contributed by atoms with Crippen LogP contribution in [0.3, 0.4) is 0 Å². The summed E-state index contributed by atoms with van der Waals surface area (Å²) in [6, 6.07) is 5.98. The van der Waals surface area contributed by atoms with Gasteiger partial charge in [0.15, 0.2) is 11.5 Å². The summed E-state index contributed by atoms with van der Waals surface area (Å²) in [5, 5.41) is 3.07. The number of methoxy groups -OCH3 is 2. The predicted molar refractivity (Wildman–Crippen MR) is 93.7 cm³/mol. The average Bonchev–Trinajstić information content (AvgIpc) is 3.34. The fourth-order valence-electron chi connectivity index (χ4n) is 2.73. The SMILES string of the molecule is COc1ccc(CC(=O)N(Cc2csc(C)n2)C2CC2)cc1OC. The van der Waals surface area contributed by atoms with Crippen molar-refractivity contribution in [1.82, 2.24) is 9.88 Å². The zero-order valence-electron chi connectivity index (χ0n) is 14.2. The number of amides is 1. The van der Waals surface area contributed by atoms with Gasteiger partial charge in [0, 0.05) is 11.4 Å². The molecule has 0 spiro atoms. The van der Waals surface area contributed by atoms with E-state index in [9.17, 15) is 4.79 Å². The number of rotatable bonds is 7. The topological polar surface area (TPSA) is 51.7 Å². The van der Waals surface area contributed by atoms with Gasteiger partial charge in [0.2, 0.25) is 5.91 Å². The van der Waals surface area contributed by atoms with Crippen LogP contribution in [0.15, 0.2) is 23.6 Å². The van der Waals surface area contributed by atoms with Crippen LogP contribution < -0.4 is 9.47 Å². The Morgan fingerprint density at radius 1 is 1.29 bits per heavy atom. The quantitative estimate of drug-likeness (QED) is 0.772. The van der Waals surface area contributed by atoms with Crippen molar-refractivity contribution in [3.05, 3.63) is 39.8 Å². The molecule has 5 nitrogen and oxygen atoms in total. The van der Waals surface area contributed by atoms with E-state index in [1.165, 1.54) is 0 Å². The summed E-state index contributed by atoms with van der Waals surface area (Å²) in [6.45, 7) is 2.59. The van der Waals surface area contributed by atoms with Crippen LogP contribution in [-0.2, 0) is 17.8 Å². The molecule has 0 aliphatic heterocycles. The summed E-state index contributed by atoms with van der Waals surface area (Å²) in [6.07, 6.45) is 2.53. The van der Waals surface area contributed by atoms with Crippen LogP contribution in [0.25, 0.3) is 0 Å². The number of carbonyl (C=O) groups excluding carboxylic acids is 1. The van der Waals surface area contributed by atoms with Gasteiger partial charge in [0.05, 0.1) is 37.9 Å². The Labute approximate surface area is 146 Å². The van der Waals surface area contributed by atoms with Crippen molar-refractivity contribution < 1.29 is 14.3 Å². The average molecular weight is 346 g/mol. The van der Waals surface area contributed by atoms with Crippen LogP contribution in [0.5, 0.6) is 11.5 Å². The molecule has 0 radical (unpaired) electrons. The first-order valence-corrected chi connectivity index (χ1v) is 8.90. The van der Waals surface area contributed by atoms with E-state index >= 15 is 0 Å². The molecule has 0 atom stereocenters. The lowest BCUT2D eigenvalue weighted by molar-refractivity contribution is -0.131. The number of carbonyl (C=O) groups is 1. The molecule has 1 saturated carbocycles. The Kier molecular flexibility index (Phi) is 5.04. The van der Waals surface area contributed by atoms with Crippen LogP contribution in [0.1, 0.15) is 29.1 Å². The highest BCUT2D eigenvalue weighted by molar-refractivity contribution is 7.09. The van der Waals surface area contributed by atoms with E-state index < -0.39 is 0 Å². The van der Waals surface area contributed by atoms with E-state index in [-0.39, 0.29) is 5.91 Å². The fourth-order valence-corrected chi connectivity index (χ4v) is 3.33. The van der Waals surface area contributed by atoms with Crippen molar-refractivity contribution in [3.8, 4) is 11.5 Å². The van der Waals surface area contributed by atoms with Crippen LogP contribution in [-0.4, -0.2) is 36.1 Å². The van der Waals surface area contributed by atoms with Crippen molar-refractivity contribution in [1.29, 1.82) is 0 Å². The minimum Gasteiger partial charge on any atom is -0.493 e. The van der Waals surface area contributed by atoms with Crippen molar-refractivity contribution in [3.63, 3.8) is 0 Å². The van der Waals surface area contributed by atoms with E-state index in [4.69, 9.17) is 9.47 Å². The van der Waals surface area contributed by atoms with Gasteiger partial charge in [-0.1, -0.05) is 6.07 Å². The van der Waals surface area contributed by atoms with Crippen molar-refractivity contribution in [2.45, 2.75) is 38.8 Å². The summed E-state index contributed by atoms with van der Waals surface area (Å²) in [7, 11) is 3.21. The van der Waals surface area contributed by atoms with Gasteiger partial charge >= 0.3 is 0 Å². The highest BCUT2D eigenvalue weighted by atomic mass is 32.1. The molecule has 24 heavy (non-hydrogen) atoms. The second-order valence-electron chi connectivity index (χ2n) is 5.98. The number of nitrogens with zero attached hydrogens (tertiary/aromatic N) is 2. The second-order valence-corrected chi connectivity index (χ2v) is 7.04. The molecule has 1 fully saturated rings. The van der Waals surface area contributed by atoms with Gasteiger partial charge in [-0.2, -0.15) is 0 Å². The van der Waals surface area contributed by atoms with Crippen LogP contribution in [0, 0.1) is 6.92 Å². The maximum absolute atomic E-state index is 12.8. The van der Waals surface area contributed by atoms with Crippen LogP contribution in [0.4, 0.5) is 0 Å². The Balaban J connectivity index is 1.71. The maximum Gasteiger partial charge on any atom is 0.227 e. The molecule has 3 rings (SSSR count). The summed E-state index contributed by atoms with van der Waals surface area (Å²) in [5.74, 6) is 1.46. The van der Waals surface area contributed by atoms with E-state index in [0.717, 1.165) is 29.1 Å². The molecular formula is C18H22N2O3S. The molecule has 1 aromatic carbocycles. The van der Waals surface area contributed by atoms with E-state index in [1.54, 1.807) is 25.6 Å². The van der Waals surface area contributed by atoms with Crippen LogP contribution >= 0.6 is 11.3 Å². The molecule has 0 N–H and O–H groups in total. The van der Waals surface area contributed by atoms with Crippen molar-refractivity contribution in [2.75, 3.05) is 14.2 Å². The molecule has 0 unspecified atom stereocenters. The van der Waals surface area contributed by atoms with Gasteiger partial charge in [-0.3, -0.25) is 4.79 Å². The van der Waals surface area contributed by atoms with E-state index in [2.05, 4.69) is 4.98 Å². The first-order valence-electron chi connectivity index (χ1n) is 8.02. The van der Waals surface area contributed by atoms with Crippen LogP contribution in [0.2, 0.25) is 0 Å². The first-order chi connectivity index (χ1) is 11.6. The van der Waals surface area contributed by atoms with Gasteiger partial charge < -0.3 is 14.4 Å². The number of hydrogen-bond acceptors (Lipinski definition) is 5. The van der Waals surface area contributed by atoms with Gasteiger partial charge in [-0.05, 0) is 37.5 Å². The lowest BCUT2D eigenvalue weighted by atomic mass is 10.1. The minimum absolute atomic E-state index is 0.135. The first kappa shape index (κ1) is 16.8. The summed E-state index contributed by atoms with van der Waals surface area (Å²) in [5.41, 5.74) is 1.91. The number of hydrogen-bond donors (Lipinski definition) is 0. The van der Waals surface area contributed by atoms with Gasteiger partial charge in [0.1, 0.15) is 0 Å². The van der Waals surface area contributed by atoms with Gasteiger partial charge in [-0.25, -0.2) is 4.98 Å². The standard InChI is InChI=1S/C18H22N2O3S/c1-12-19-14(11-24-12)10-20(15-5-6-15)18(21)9-13-4-7-16(22-2)17(8-13)23-3/h4,7-8,11,15H,5-6,9-10H2,1-3H3. The Hall–Kier alpha value is -2.08. The minimum atomic E-state index is 0.135. The predicted octanol–water partition coefficient (Wildman–Crippen LogP) is 3.20. The van der Waals surface area contributed by atoms with Gasteiger partial charge in [-0.15, -0.1) is 11.3 Å². The Morgan fingerprint density at radius 2 is 2.04 bits per heavy atom. The molecule has 0 bridgehead atoms. The van der Waals surface area contributed by atoms with Gasteiger partial charge in [0.25, 0.3) is 0 Å². The third-order valence-electron chi connectivity index (χ3n) is 4.11. The monoisotopic (exact) mass is 346 g/mol. The molecule has 0 saturated heterocycles. The van der Waals surface area contributed by atoms with E-state index in [0.29, 0.717) is 30.5 Å². The normalized spacial score (nSPS) is 13.6. The summed E-state index contributed by atoms with van der Waals surface area (Å²) < 4.78 is 10.6. The number of aromatic nitrogens is 1. The zero-order chi connectivity index (χ0) is 17.1. The zero-order valence-corrected chi connectivity index (χ0v) is 15.1. The lowest BCUT2D eigenvalue weighted by Crippen LogP contribution is -2.33. The summed E-state index contributed by atoms with van der Waals surface area (Å²) >= 11 is 1.62. The molecule has 1 aliphatic rings. The molecule has 6 heteroatoms. The third kappa shape index (κ3) is 3.87. The number of thiazole rings is 1. The molecule has 1 heterocycles. The van der Waals surface area contributed by atoms with Crippen molar-refractivity contribution in [2.24, 2.45) is 0 Å². The maximum atomic E-state index is 12.8. The highest BCUT2D eigenvalue weighted by Crippen LogP contribution is 2.31. The molecule has 128 valence electrons. The molecule has 1 aliphatic carbocycles. The Bertz CT molecular complexity index is 725. The Morgan fingerprint density at radius 3 is 2.62 bits per heavy atom. The summed E-state index contributed by atoms with van der Waals surface area (Å²) in [4.78, 5) is 19.2. The molecule has 2 aromatic rings. The number of aryl methyl sites for hydroxylation is 1. The lowest BCUT2D eigenvalue weighted by Gasteiger charge is -2.22. The van der Waals surface area contributed by atoms with E-state index in [1.807, 2.05) is 35.4 Å². The number of ether oxygens (including phenoxy) is 2. The number of benzene rings is 1. The van der Waals surface area contributed by atoms with Crippen molar-refractivity contribution >= 4 is 17.2 Å². The fraction of sp³-hybridized carbons (Fsp3) is 0.444. The highest BCUT2D eigenvalue weighted by Gasteiger charge is 2.32.